The quantitative estimate of drug-likeness (QED) is 0.331. The zero-order valence-electron chi connectivity index (χ0n) is 16.5. The first-order valence-electron chi connectivity index (χ1n) is 9.44. The highest BCUT2D eigenvalue weighted by molar-refractivity contribution is 5.94. The molecule has 0 unspecified atom stereocenters. The molecule has 31 heavy (non-hydrogen) atoms. The number of aliphatic hydroxyl groups excluding tert-OH is 2. The molecule has 1 aliphatic rings. The molecule has 4 atom stereocenters. The predicted molar refractivity (Wildman–Crippen MR) is 107 cm³/mol. The number of nitrogens with two attached hydrogens (primary N) is 1. The lowest BCUT2D eigenvalue weighted by molar-refractivity contribution is -0.137. The normalized spacial score (nSPS) is 23.1. The molecule has 0 bridgehead atoms. The molecule has 1 aliphatic heterocycles. The maximum absolute atomic E-state index is 12.6. The molecule has 2 aromatic heterocycles. The third-order valence-electron chi connectivity index (χ3n) is 5.07. The van der Waals surface area contributed by atoms with Crippen molar-refractivity contribution < 1.29 is 24.5 Å². The van der Waals surface area contributed by atoms with Crippen LogP contribution in [-0.2, 0) is 16.1 Å². The van der Waals surface area contributed by atoms with Crippen molar-refractivity contribution in [3.8, 4) is 0 Å². The number of amides is 2. The van der Waals surface area contributed by atoms with Crippen molar-refractivity contribution in [2.75, 3.05) is 12.8 Å². The molecule has 0 aliphatic carbocycles. The molecule has 4 rings (SSSR count). The van der Waals surface area contributed by atoms with Crippen LogP contribution < -0.4 is 16.4 Å². The Morgan fingerprint density at radius 2 is 1.90 bits per heavy atom. The van der Waals surface area contributed by atoms with Gasteiger partial charge in [-0.05, 0) is 17.7 Å². The number of imidazole rings is 1. The minimum Gasteiger partial charge on any atom is -0.387 e. The molecule has 12 heteroatoms. The van der Waals surface area contributed by atoms with Crippen molar-refractivity contribution >= 4 is 28.8 Å². The second-order valence-corrected chi connectivity index (χ2v) is 7.01. The summed E-state index contributed by atoms with van der Waals surface area (Å²) in [4.78, 5) is 36.2. The van der Waals surface area contributed by atoms with E-state index < -0.39 is 30.4 Å². The standard InChI is InChI=1S/C19H21N7O5/c1-21-17(29)10-4-2-9(3-5-10)6-22-18(30)14-12(27)13(28)19(31-14)26-8-25-11-15(20)23-7-24-16(11)26/h2-5,7-8,12-14,19,27-28H,6H2,1H3,(H,21,29)(H,22,30)(H2,20,23,24)/t12-,13+,14-,19+/m0/s1. The SMILES string of the molecule is CNC(=O)c1ccc(CNC(=O)[C@H]2O[C@@H](n3cnc4c(N)ncnc43)[C@H](O)[C@@H]2O)cc1. The zero-order chi connectivity index (χ0) is 22.1. The lowest BCUT2D eigenvalue weighted by atomic mass is 10.1. The Morgan fingerprint density at radius 3 is 2.61 bits per heavy atom. The van der Waals surface area contributed by atoms with Gasteiger partial charge in [0.15, 0.2) is 23.8 Å². The van der Waals surface area contributed by atoms with Crippen LogP contribution in [0.1, 0.15) is 22.1 Å². The van der Waals surface area contributed by atoms with Gasteiger partial charge in [-0.1, -0.05) is 12.1 Å². The van der Waals surface area contributed by atoms with E-state index >= 15 is 0 Å². The van der Waals surface area contributed by atoms with E-state index in [2.05, 4.69) is 25.6 Å². The number of nitrogens with zero attached hydrogens (tertiary/aromatic N) is 4. The molecule has 0 saturated carbocycles. The summed E-state index contributed by atoms with van der Waals surface area (Å²) in [5, 5.41) is 26.0. The molecule has 1 aromatic carbocycles. The first kappa shape index (κ1) is 20.7. The Kier molecular flexibility index (Phi) is 5.50. The Morgan fingerprint density at radius 1 is 1.16 bits per heavy atom. The minimum absolute atomic E-state index is 0.151. The van der Waals surface area contributed by atoms with Crippen molar-refractivity contribution in [1.82, 2.24) is 30.2 Å². The van der Waals surface area contributed by atoms with Gasteiger partial charge in [-0.3, -0.25) is 14.2 Å². The third-order valence-corrected chi connectivity index (χ3v) is 5.07. The van der Waals surface area contributed by atoms with Crippen LogP contribution in [0.15, 0.2) is 36.9 Å². The summed E-state index contributed by atoms with van der Waals surface area (Å²) in [6.07, 6.45) is -2.65. The maximum atomic E-state index is 12.6. The molecular weight excluding hydrogens is 406 g/mol. The van der Waals surface area contributed by atoms with Crippen LogP contribution in [-0.4, -0.2) is 66.9 Å². The van der Waals surface area contributed by atoms with Gasteiger partial charge in [-0.2, -0.15) is 0 Å². The summed E-state index contributed by atoms with van der Waals surface area (Å²) >= 11 is 0. The summed E-state index contributed by atoms with van der Waals surface area (Å²) < 4.78 is 7.05. The number of carbonyl (C=O) groups excluding carboxylic acids is 2. The van der Waals surface area contributed by atoms with E-state index in [0.29, 0.717) is 16.7 Å². The smallest absolute Gasteiger partial charge is 0.252 e. The number of rotatable bonds is 5. The second kappa shape index (κ2) is 8.26. The van der Waals surface area contributed by atoms with Crippen molar-refractivity contribution in [2.24, 2.45) is 0 Å². The molecule has 162 valence electrons. The van der Waals surface area contributed by atoms with Crippen LogP contribution in [0.4, 0.5) is 5.82 Å². The summed E-state index contributed by atoms with van der Waals surface area (Å²) in [6, 6.07) is 6.68. The molecule has 1 fully saturated rings. The summed E-state index contributed by atoms with van der Waals surface area (Å²) in [5.74, 6) is -0.645. The van der Waals surface area contributed by atoms with Crippen LogP contribution in [0, 0.1) is 0 Å². The van der Waals surface area contributed by atoms with Crippen molar-refractivity contribution in [3.63, 3.8) is 0 Å². The topological polar surface area (TPSA) is 178 Å². The van der Waals surface area contributed by atoms with E-state index in [9.17, 15) is 19.8 Å². The highest BCUT2D eigenvalue weighted by Gasteiger charge is 2.47. The first-order valence-corrected chi connectivity index (χ1v) is 9.44. The van der Waals surface area contributed by atoms with Gasteiger partial charge in [0.05, 0.1) is 6.33 Å². The van der Waals surface area contributed by atoms with E-state index in [-0.39, 0.29) is 18.3 Å². The number of aromatic nitrogens is 4. The van der Waals surface area contributed by atoms with E-state index in [4.69, 9.17) is 10.5 Å². The van der Waals surface area contributed by atoms with E-state index in [1.54, 1.807) is 31.3 Å². The lowest BCUT2D eigenvalue weighted by Gasteiger charge is -2.16. The fourth-order valence-corrected chi connectivity index (χ4v) is 3.37. The van der Waals surface area contributed by atoms with Crippen LogP contribution in [0.3, 0.4) is 0 Å². The number of hydrogen-bond acceptors (Lipinski definition) is 9. The number of nitrogens with one attached hydrogen (secondary N) is 2. The number of anilines is 1. The summed E-state index contributed by atoms with van der Waals surface area (Å²) in [5.41, 5.74) is 7.64. The zero-order valence-corrected chi connectivity index (χ0v) is 16.5. The molecule has 3 heterocycles. The molecule has 0 radical (unpaired) electrons. The fraction of sp³-hybridized carbons (Fsp3) is 0.316. The van der Waals surface area contributed by atoms with E-state index in [1.807, 2.05) is 0 Å². The number of nitrogen functional groups attached to an aromatic ring is 1. The predicted octanol–water partition coefficient (Wildman–Crippen LogP) is -1.30. The molecule has 12 nitrogen and oxygen atoms in total. The largest absolute Gasteiger partial charge is 0.387 e. The molecule has 0 spiro atoms. The number of carbonyl (C=O) groups is 2. The average Bonchev–Trinajstić information content (AvgIpc) is 3.34. The Hall–Kier alpha value is -3.61. The number of hydrogen-bond donors (Lipinski definition) is 5. The third kappa shape index (κ3) is 3.79. The monoisotopic (exact) mass is 427 g/mol. The molecular formula is C19H21N7O5. The van der Waals surface area contributed by atoms with E-state index in [0.717, 1.165) is 5.56 Å². The van der Waals surface area contributed by atoms with Gasteiger partial charge in [0.25, 0.3) is 11.8 Å². The van der Waals surface area contributed by atoms with Gasteiger partial charge in [-0.25, -0.2) is 15.0 Å². The highest BCUT2D eigenvalue weighted by Crippen LogP contribution is 2.32. The van der Waals surface area contributed by atoms with Gasteiger partial charge in [-0.15, -0.1) is 0 Å². The molecule has 6 N–H and O–H groups in total. The van der Waals surface area contributed by atoms with Crippen molar-refractivity contribution in [1.29, 1.82) is 0 Å². The van der Waals surface area contributed by atoms with Gasteiger partial charge in [0.2, 0.25) is 0 Å². The maximum Gasteiger partial charge on any atom is 0.252 e. The Bertz CT molecular complexity index is 1120. The second-order valence-electron chi connectivity index (χ2n) is 7.01. The summed E-state index contributed by atoms with van der Waals surface area (Å²) in [7, 11) is 1.54. The Labute approximate surface area is 176 Å². The number of aliphatic hydroxyl groups is 2. The van der Waals surface area contributed by atoms with Crippen LogP contribution in [0.25, 0.3) is 11.2 Å². The van der Waals surface area contributed by atoms with E-state index in [1.165, 1.54) is 17.2 Å². The van der Waals surface area contributed by atoms with Crippen LogP contribution >= 0.6 is 0 Å². The van der Waals surface area contributed by atoms with Gasteiger partial charge < -0.3 is 31.3 Å². The number of ether oxygens (including phenoxy) is 1. The fourth-order valence-electron chi connectivity index (χ4n) is 3.37. The van der Waals surface area contributed by atoms with Crippen molar-refractivity contribution in [3.05, 3.63) is 48.0 Å². The number of fused-ring (bicyclic) bond motifs is 1. The molecule has 3 aromatic rings. The van der Waals surface area contributed by atoms with Gasteiger partial charge in [0, 0.05) is 19.2 Å². The first-order chi connectivity index (χ1) is 14.9. The molecule has 1 saturated heterocycles. The molecule has 2 amide bonds. The van der Waals surface area contributed by atoms with Gasteiger partial charge in [0.1, 0.15) is 24.1 Å². The van der Waals surface area contributed by atoms with Gasteiger partial charge >= 0.3 is 0 Å². The highest BCUT2D eigenvalue weighted by atomic mass is 16.6. The minimum atomic E-state index is -1.46. The van der Waals surface area contributed by atoms with Crippen LogP contribution in [0.2, 0.25) is 0 Å². The van der Waals surface area contributed by atoms with Crippen molar-refractivity contribution in [2.45, 2.75) is 31.1 Å². The van der Waals surface area contributed by atoms with Crippen LogP contribution in [0.5, 0.6) is 0 Å². The Balaban J connectivity index is 1.44. The average molecular weight is 427 g/mol. The number of benzene rings is 1. The lowest BCUT2D eigenvalue weighted by Crippen LogP contribution is -2.42. The summed E-state index contributed by atoms with van der Waals surface area (Å²) in [6.45, 7) is 0.151.